The smallest absolute Gasteiger partial charge is 0.231 e. The topological polar surface area (TPSA) is 68.2 Å². The fourth-order valence-electron chi connectivity index (χ4n) is 3.76. The van der Waals surface area contributed by atoms with E-state index in [1.165, 1.54) is 0 Å². The van der Waals surface area contributed by atoms with Crippen molar-refractivity contribution in [2.75, 3.05) is 40.2 Å². The Bertz CT molecular complexity index is 605. The van der Waals surface area contributed by atoms with Crippen LogP contribution in [0.5, 0.6) is 11.5 Å². The van der Waals surface area contributed by atoms with Gasteiger partial charge in [-0.15, -0.1) is 0 Å². The minimum absolute atomic E-state index is 0.100. The Kier molecular flexibility index (Phi) is 5.81. The van der Waals surface area contributed by atoms with Gasteiger partial charge in [0, 0.05) is 32.2 Å². The second kappa shape index (κ2) is 8.06. The monoisotopic (exact) mass is 349 g/mol. The maximum atomic E-state index is 12.7. The van der Waals surface area contributed by atoms with E-state index >= 15 is 0 Å². The van der Waals surface area contributed by atoms with Crippen LogP contribution in [0, 0.1) is 5.41 Å². The highest BCUT2D eigenvalue weighted by Gasteiger charge is 2.36. The largest absolute Gasteiger partial charge is 0.454 e. The van der Waals surface area contributed by atoms with Gasteiger partial charge >= 0.3 is 0 Å². The summed E-state index contributed by atoms with van der Waals surface area (Å²) in [4.78, 5) is 14.6. The molecule has 1 aromatic carbocycles. The normalized spacial score (nSPS) is 22.2. The van der Waals surface area contributed by atoms with Crippen molar-refractivity contribution >= 4 is 5.91 Å². The van der Waals surface area contributed by atoms with Gasteiger partial charge in [0.2, 0.25) is 12.7 Å². The molecule has 3 rings (SSSR count). The number of piperidine rings is 1. The van der Waals surface area contributed by atoms with Crippen molar-refractivity contribution in [1.29, 1.82) is 0 Å². The Morgan fingerprint density at radius 1 is 1.36 bits per heavy atom. The quantitative estimate of drug-likeness (QED) is 0.763. The Hall–Kier alpha value is -1.79. The lowest BCUT2D eigenvalue weighted by Crippen LogP contribution is -2.48. The third-order valence-electron chi connectivity index (χ3n) is 5.20. The van der Waals surface area contributed by atoms with E-state index in [2.05, 4.69) is 0 Å². The van der Waals surface area contributed by atoms with Crippen LogP contribution < -0.4 is 9.47 Å². The molecule has 0 saturated carbocycles. The van der Waals surface area contributed by atoms with Crippen LogP contribution in [-0.4, -0.2) is 56.1 Å². The summed E-state index contributed by atoms with van der Waals surface area (Å²) in [6.45, 7) is 2.42. The molecule has 1 saturated heterocycles. The van der Waals surface area contributed by atoms with Gasteiger partial charge in [-0.05, 0) is 43.4 Å². The first-order chi connectivity index (χ1) is 12.2. The molecule has 0 aliphatic carbocycles. The molecule has 6 heteroatoms. The lowest BCUT2D eigenvalue weighted by molar-refractivity contribution is -0.135. The number of hydrogen-bond donors (Lipinski definition) is 1. The van der Waals surface area contributed by atoms with Crippen LogP contribution in [-0.2, 0) is 16.0 Å². The van der Waals surface area contributed by atoms with Crippen LogP contribution in [0.25, 0.3) is 0 Å². The molecule has 138 valence electrons. The molecular weight excluding hydrogens is 322 g/mol. The third-order valence-corrected chi connectivity index (χ3v) is 5.20. The van der Waals surface area contributed by atoms with Crippen LogP contribution in [0.15, 0.2) is 18.2 Å². The van der Waals surface area contributed by atoms with E-state index in [1.807, 2.05) is 23.1 Å². The SMILES string of the molecule is COCCC[C@@]1(CO)CCCN(C(=O)Cc2ccc3c(c2)OCO3)C1. The lowest BCUT2D eigenvalue weighted by Gasteiger charge is -2.42. The number of carbonyl (C=O) groups excluding carboxylic acids is 1. The second-order valence-electron chi connectivity index (χ2n) is 7.04. The maximum absolute atomic E-state index is 12.7. The number of rotatable bonds is 7. The first kappa shape index (κ1) is 18.0. The fourth-order valence-corrected chi connectivity index (χ4v) is 3.76. The molecule has 1 N–H and O–H groups in total. The van der Waals surface area contributed by atoms with Crippen molar-refractivity contribution in [3.05, 3.63) is 23.8 Å². The summed E-state index contributed by atoms with van der Waals surface area (Å²) < 4.78 is 15.8. The lowest BCUT2D eigenvalue weighted by atomic mass is 9.77. The number of fused-ring (bicyclic) bond motifs is 1. The molecular formula is C19H27NO5. The molecule has 2 heterocycles. The zero-order valence-electron chi connectivity index (χ0n) is 14.8. The molecule has 0 unspecified atom stereocenters. The van der Waals surface area contributed by atoms with Crippen LogP contribution >= 0.6 is 0 Å². The van der Waals surface area contributed by atoms with E-state index in [9.17, 15) is 9.90 Å². The van der Waals surface area contributed by atoms with Gasteiger partial charge in [0.15, 0.2) is 11.5 Å². The summed E-state index contributed by atoms with van der Waals surface area (Å²) in [7, 11) is 1.69. The molecule has 0 spiro atoms. The first-order valence-corrected chi connectivity index (χ1v) is 8.92. The number of likely N-dealkylation sites (tertiary alicyclic amines) is 1. The zero-order chi connectivity index (χ0) is 17.7. The van der Waals surface area contributed by atoms with Crippen LogP contribution in [0.3, 0.4) is 0 Å². The van der Waals surface area contributed by atoms with Gasteiger partial charge in [0.1, 0.15) is 0 Å². The molecule has 25 heavy (non-hydrogen) atoms. The van der Waals surface area contributed by atoms with Gasteiger partial charge in [-0.1, -0.05) is 6.07 Å². The third kappa shape index (κ3) is 4.25. The number of aliphatic hydroxyl groups is 1. The number of aliphatic hydroxyl groups excluding tert-OH is 1. The van der Waals surface area contributed by atoms with Gasteiger partial charge in [0.05, 0.1) is 13.0 Å². The van der Waals surface area contributed by atoms with E-state index < -0.39 is 0 Å². The van der Waals surface area contributed by atoms with Gasteiger partial charge < -0.3 is 24.2 Å². The van der Waals surface area contributed by atoms with Crippen molar-refractivity contribution in [3.63, 3.8) is 0 Å². The summed E-state index contributed by atoms with van der Waals surface area (Å²) in [5.74, 6) is 1.53. The Morgan fingerprint density at radius 2 is 2.20 bits per heavy atom. The second-order valence-corrected chi connectivity index (χ2v) is 7.04. The summed E-state index contributed by atoms with van der Waals surface area (Å²) in [6.07, 6.45) is 4.02. The van der Waals surface area contributed by atoms with Crippen LogP contribution in [0.1, 0.15) is 31.2 Å². The molecule has 1 atom stereocenters. The molecule has 6 nitrogen and oxygen atoms in total. The number of ether oxygens (including phenoxy) is 3. The first-order valence-electron chi connectivity index (χ1n) is 8.92. The maximum Gasteiger partial charge on any atom is 0.231 e. The highest BCUT2D eigenvalue weighted by molar-refractivity contribution is 5.79. The number of carbonyl (C=O) groups is 1. The number of hydrogen-bond acceptors (Lipinski definition) is 5. The van der Waals surface area contributed by atoms with Crippen LogP contribution in [0.2, 0.25) is 0 Å². The van der Waals surface area contributed by atoms with Crippen molar-refractivity contribution in [2.24, 2.45) is 5.41 Å². The van der Waals surface area contributed by atoms with E-state index in [0.29, 0.717) is 25.3 Å². The van der Waals surface area contributed by atoms with Gasteiger partial charge in [-0.3, -0.25) is 4.79 Å². The Balaban J connectivity index is 1.61. The molecule has 0 aromatic heterocycles. The van der Waals surface area contributed by atoms with Gasteiger partial charge in [0.25, 0.3) is 0 Å². The molecule has 0 radical (unpaired) electrons. The molecule has 2 aliphatic heterocycles. The highest BCUT2D eigenvalue weighted by atomic mass is 16.7. The highest BCUT2D eigenvalue weighted by Crippen LogP contribution is 2.35. The summed E-state index contributed by atoms with van der Waals surface area (Å²) in [6, 6.07) is 5.64. The predicted octanol–water partition coefficient (Wildman–Crippen LogP) is 1.99. The summed E-state index contributed by atoms with van der Waals surface area (Å²) in [5, 5.41) is 9.93. The molecule has 1 amide bonds. The summed E-state index contributed by atoms with van der Waals surface area (Å²) >= 11 is 0. The average Bonchev–Trinajstić information content (AvgIpc) is 3.10. The van der Waals surface area contributed by atoms with Crippen LogP contribution in [0.4, 0.5) is 0 Å². The number of benzene rings is 1. The van der Waals surface area contributed by atoms with Crippen molar-refractivity contribution in [3.8, 4) is 11.5 Å². The van der Waals surface area contributed by atoms with E-state index in [-0.39, 0.29) is 24.7 Å². The average molecular weight is 349 g/mol. The van der Waals surface area contributed by atoms with Crippen molar-refractivity contribution in [1.82, 2.24) is 4.90 Å². The Labute approximate surface area is 148 Å². The van der Waals surface area contributed by atoms with E-state index in [0.717, 1.165) is 43.5 Å². The molecule has 1 aromatic rings. The van der Waals surface area contributed by atoms with E-state index in [1.54, 1.807) is 7.11 Å². The molecule has 2 aliphatic rings. The van der Waals surface area contributed by atoms with Gasteiger partial charge in [-0.2, -0.15) is 0 Å². The fraction of sp³-hybridized carbons (Fsp3) is 0.632. The molecule has 1 fully saturated rings. The number of amides is 1. The predicted molar refractivity (Wildman–Crippen MR) is 92.7 cm³/mol. The molecule has 0 bridgehead atoms. The van der Waals surface area contributed by atoms with Crippen molar-refractivity contribution in [2.45, 2.75) is 32.1 Å². The summed E-state index contributed by atoms with van der Waals surface area (Å²) in [5.41, 5.74) is 0.732. The number of methoxy groups -OCH3 is 1. The van der Waals surface area contributed by atoms with Gasteiger partial charge in [-0.25, -0.2) is 0 Å². The van der Waals surface area contributed by atoms with E-state index in [4.69, 9.17) is 14.2 Å². The standard InChI is InChI=1S/C19H27NO5/c1-23-9-3-7-19(13-21)6-2-8-20(12-19)18(22)11-15-4-5-16-17(10-15)25-14-24-16/h4-5,10,21H,2-3,6-9,11-14H2,1H3/t19-/m0/s1. The van der Waals surface area contributed by atoms with Crippen molar-refractivity contribution < 1.29 is 24.1 Å². The number of nitrogens with zero attached hydrogens (tertiary/aromatic N) is 1. The zero-order valence-corrected chi connectivity index (χ0v) is 14.8. The minimum Gasteiger partial charge on any atom is -0.454 e. The Morgan fingerprint density at radius 3 is 3.00 bits per heavy atom. The minimum atomic E-state index is -0.193.